The lowest BCUT2D eigenvalue weighted by Crippen LogP contribution is -2.24. The maximum atomic E-state index is 12.1. The summed E-state index contributed by atoms with van der Waals surface area (Å²) < 4.78 is 0. The summed E-state index contributed by atoms with van der Waals surface area (Å²) in [4.78, 5) is 36.5. The molecule has 27 heavy (non-hydrogen) atoms. The molecule has 0 bridgehead atoms. The van der Waals surface area contributed by atoms with Crippen molar-refractivity contribution in [1.29, 1.82) is 0 Å². The van der Waals surface area contributed by atoms with Crippen LogP contribution in [0.4, 0.5) is 17.1 Å². The number of amides is 2. The van der Waals surface area contributed by atoms with Gasteiger partial charge in [0.2, 0.25) is 11.8 Å². The molecule has 140 valence electrons. The maximum Gasteiger partial charge on any atom is 0.269 e. The summed E-state index contributed by atoms with van der Waals surface area (Å²) in [6.07, 6.45) is 1.34. The third-order valence-electron chi connectivity index (χ3n) is 4.01. The molecule has 1 N–H and O–H groups in total. The van der Waals surface area contributed by atoms with Gasteiger partial charge in [-0.25, -0.2) is 0 Å². The Balaban J connectivity index is 1.56. The number of carbonyl (C=O) groups excluding carboxylic acids is 2. The molecule has 2 aromatic rings. The SMILES string of the molecule is O=C(CSc1ccc([N+](=O)[O-])cc1)Nc1ccc(N2CCCC2=O)c(Cl)c1. The van der Waals surface area contributed by atoms with Crippen LogP contribution in [0.1, 0.15) is 12.8 Å². The Morgan fingerprint density at radius 2 is 2.00 bits per heavy atom. The van der Waals surface area contributed by atoms with Crippen molar-refractivity contribution in [1.82, 2.24) is 0 Å². The first-order valence-electron chi connectivity index (χ1n) is 8.21. The van der Waals surface area contributed by atoms with E-state index >= 15 is 0 Å². The van der Waals surface area contributed by atoms with Gasteiger partial charge < -0.3 is 10.2 Å². The van der Waals surface area contributed by atoms with Gasteiger partial charge >= 0.3 is 0 Å². The fourth-order valence-electron chi connectivity index (χ4n) is 2.72. The van der Waals surface area contributed by atoms with Gasteiger partial charge in [0.25, 0.3) is 5.69 Å². The van der Waals surface area contributed by atoms with E-state index in [1.807, 2.05) is 0 Å². The molecule has 0 aromatic heterocycles. The van der Waals surface area contributed by atoms with Crippen molar-refractivity contribution in [3.63, 3.8) is 0 Å². The molecule has 9 heteroatoms. The number of rotatable bonds is 6. The minimum Gasteiger partial charge on any atom is -0.325 e. The molecule has 2 aromatic carbocycles. The summed E-state index contributed by atoms with van der Waals surface area (Å²) in [7, 11) is 0. The number of nitro benzene ring substituents is 1. The van der Waals surface area contributed by atoms with Gasteiger partial charge in [-0.2, -0.15) is 0 Å². The predicted octanol–water partition coefficient (Wildman–Crippen LogP) is 4.11. The second-order valence-corrected chi connectivity index (χ2v) is 7.36. The van der Waals surface area contributed by atoms with Gasteiger partial charge in [0.05, 0.1) is 21.4 Å². The molecule has 3 rings (SSSR count). The number of benzene rings is 2. The number of hydrogen-bond acceptors (Lipinski definition) is 5. The number of nitrogens with zero attached hydrogens (tertiary/aromatic N) is 2. The monoisotopic (exact) mass is 405 g/mol. The van der Waals surface area contributed by atoms with Crippen LogP contribution >= 0.6 is 23.4 Å². The lowest BCUT2D eigenvalue weighted by molar-refractivity contribution is -0.384. The number of anilines is 2. The van der Waals surface area contributed by atoms with Crippen molar-refractivity contribution in [2.75, 3.05) is 22.5 Å². The van der Waals surface area contributed by atoms with Gasteiger partial charge in [-0.15, -0.1) is 11.8 Å². The summed E-state index contributed by atoms with van der Waals surface area (Å²) in [6, 6.07) is 11.1. The lowest BCUT2D eigenvalue weighted by Gasteiger charge is -2.18. The van der Waals surface area contributed by atoms with E-state index in [1.165, 1.54) is 23.9 Å². The zero-order valence-electron chi connectivity index (χ0n) is 14.2. The Labute approximate surface area is 164 Å². The van der Waals surface area contributed by atoms with Crippen LogP contribution in [-0.2, 0) is 9.59 Å². The van der Waals surface area contributed by atoms with Crippen molar-refractivity contribution in [3.8, 4) is 0 Å². The van der Waals surface area contributed by atoms with Crippen LogP contribution < -0.4 is 10.2 Å². The molecule has 7 nitrogen and oxygen atoms in total. The van der Waals surface area contributed by atoms with Gasteiger partial charge in [-0.05, 0) is 36.8 Å². The third-order valence-corrected chi connectivity index (χ3v) is 5.33. The fourth-order valence-corrected chi connectivity index (χ4v) is 3.70. The quantitative estimate of drug-likeness (QED) is 0.443. The van der Waals surface area contributed by atoms with E-state index < -0.39 is 4.92 Å². The van der Waals surface area contributed by atoms with Crippen LogP contribution in [0.25, 0.3) is 0 Å². The number of hydrogen-bond donors (Lipinski definition) is 1. The minimum atomic E-state index is -0.468. The summed E-state index contributed by atoms with van der Waals surface area (Å²) in [6.45, 7) is 0.649. The van der Waals surface area contributed by atoms with Gasteiger partial charge in [0, 0.05) is 35.7 Å². The number of carbonyl (C=O) groups is 2. The van der Waals surface area contributed by atoms with E-state index in [-0.39, 0.29) is 23.3 Å². The second kappa shape index (κ2) is 8.41. The average molecular weight is 406 g/mol. The zero-order chi connectivity index (χ0) is 19.4. The van der Waals surface area contributed by atoms with Crippen molar-refractivity contribution >= 4 is 52.2 Å². The largest absolute Gasteiger partial charge is 0.325 e. The van der Waals surface area contributed by atoms with Gasteiger partial charge in [-0.3, -0.25) is 19.7 Å². The Bertz CT molecular complexity index is 889. The maximum absolute atomic E-state index is 12.1. The molecule has 0 unspecified atom stereocenters. The van der Waals surface area contributed by atoms with E-state index in [0.717, 1.165) is 11.3 Å². The highest BCUT2D eigenvalue weighted by molar-refractivity contribution is 8.00. The molecule has 2 amide bonds. The van der Waals surface area contributed by atoms with Crippen LogP contribution in [0.2, 0.25) is 5.02 Å². The zero-order valence-corrected chi connectivity index (χ0v) is 15.8. The standard InChI is InChI=1S/C18H16ClN3O4S/c19-15-10-12(3-8-16(15)21-9-1-2-18(21)24)20-17(23)11-27-14-6-4-13(5-7-14)22(25)26/h3-8,10H,1-2,9,11H2,(H,20,23). The van der Waals surface area contributed by atoms with Crippen molar-refractivity contribution in [3.05, 3.63) is 57.6 Å². The highest BCUT2D eigenvalue weighted by atomic mass is 35.5. The third kappa shape index (κ3) is 4.78. The van der Waals surface area contributed by atoms with Gasteiger partial charge in [0.1, 0.15) is 0 Å². The molecule has 0 radical (unpaired) electrons. The van der Waals surface area contributed by atoms with Crippen molar-refractivity contribution in [2.24, 2.45) is 0 Å². The molecule has 1 fully saturated rings. The van der Waals surface area contributed by atoms with Gasteiger partial charge in [0.15, 0.2) is 0 Å². The highest BCUT2D eigenvalue weighted by Crippen LogP contribution is 2.32. The number of thioether (sulfide) groups is 1. The molecule has 0 saturated carbocycles. The molecular weight excluding hydrogens is 390 g/mol. The average Bonchev–Trinajstić information content (AvgIpc) is 3.06. The summed E-state index contributed by atoms with van der Waals surface area (Å²) in [5.41, 5.74) is 1.21. The second-order valence-electron chi connectivity index (χ2n) is 5.90. The Morgan fingerprint density at radius 3 is 2.59 bits per heavy atom. The predicted molar refractivity (Wildman–Crippen MR) is 105 cm³/mol. The topological polar surface area (TPSA) is 92.5 Å². The van der Waals surface area contributed by atoms with E-state index in [0.29, 0.717) is 29.4 Å². The van der Waals surface area contributed by atoms with E-state index in [2.05, 4.69) is 5.32 Å². The van der Waals surface area contributed by atoms with Crippen molar-refractivity contribution < 1.29 is 14.5 Å². The number of halogens is 1. The fraction of sp³-hybridized carbons (Fsp3) is 0.222. The first kappa shape index (κ1) is 19.2. The summed E-state index contributed by atoms with van der Waals surface area (Å²) in [5.74, 6) is -0.0190. The van der Waals surface area contributed by atoms with Crippen LogP contribution in [0.5, 0.6) is 0 Å². The smallest absolute Gasteiger partial charge is 0.269 e. The first-order chi connectivity index (χ1) is 12.9. The molecule has 0 aliphatic carbocycles. The van der Waals surface area contributed by atoms with Crippen LogP contribution in [0.15, 0.2) is 47.4 Å². The lowest BCUT2D eigenvalue weighted by atomic mass is 10.2. The molecule has 0 spiro atoms. The summed E-state index contributed by atoms with van der Waals surface area (Å²) in [5, 5.41) is 13.8. The van der Waals surface area contributed by atoms with Crippen LogP contribution in [0, 0.1) is 10.1 Å². The van der Waals surface area contributed by atoms with E-state index in [4.69, 9.17) is 11.6 Å². The molecule has 0 atom stereocenters. The van der Waals surface area contributed by atoms with E-state index in [1.54, 1.807) is 35.2 Å². The van der Waals surface area contributed by atoms with E-state index in [9.17, 15) is 19.7 Å². The van der Waals surface area contributed by atoms with Crippen LogP contribution in [-0.4, -0.2) is 29.0 Å². The highest BCUT2D eigenvalue weighted by Gasteiger charge is 2.23. The Kier molecular flexibility index (Phi) is 5.98. The Hall–Kier alpha value is -2.58. The molecular formula is C18H16ClN3O4S. The number of nitro groups is 1. The number of nitrogens with one attached hydrogen (secondary N) is 1. The normalized spacial score (nSPS) is 13.7. The van der Waals surface area contributed by atoms with Gasteiger partial charge in [-0.1, -0.05) is 11.6 Å². The Morgan fingerprint density at radius 1 is 1.26 bits per heavy atom. The van der Waals surface area contributed by atoms with Crippen LogP contribution in [0.3, 0.4) is 0 Å². The minimum absolute atomic E-state index is 0.00928. The first-order valence-corrected chi connectivity index (χ1v) is 9.57. The molecule has 1 aliphatic heterocycles. The molecule has 1 saturated heterocycles. The van der Waals surface area contributed by atoms with Crippen molar-refractivity contribution in [2.45, 2.75) is 17.7 Å². The summed E-state index contributed by atoms with van der Waals surface area (Å²) >= 11 is 7.54. The molecule has 1 heterocycles. The number of non-ortho nitro benzene ring substituents is 1. The molecule has 1 aliphatic rings.